The van der Waals surface area contributed by atoms with Gasteiger partial charge in [0.1, 0.15) is 0 Å². The van der Waals surface area contributed by atoms with E-state index in [9.17, 15) is 9.59 Å². The van der Waals surface area contributed by atoms with Crippen LogP contribution in [-0.2, 0) is 16.0 Å². The van der Waals surface area contributed by atoms with Crippen molar-refractivity contribution in [1.29, 1.82) is 0 Å². The first-order chi connectivity index (χ1) is 6.24. The Morgan fingerprint density at radius 2 is 2.00 bits per heavy atom. The zero-order chi connectivity index (χ0) is 9.68. The second-order valence-corrected chi connectivity index (χ2v) is 2.82. The van der Waals surface area contributed by atoms with Crippen LogP contribution in [0.25, 0.3) is 0 Å². The first-order valence-electron chi connectivity index (χ1n) is 4.02. The molecule has 1 atom stereocenters. The minimum Gasteiger partial charge on any atom is -0.321 e. The Morgan fingerprint density at radius 3 is 2.54 bits per heavy atom. The summed E-state index contributed by atoms with van der Waals surface area (Å²) in [7, 11) is 0. The van der Waals surface area contributed by atoms with Crippen molar-refractivity contribution in [2.45, 2.75) is 12.5 Å². The summed E-state index contributed by atoms with van der Waals surface area (Å²) in [6.45, 7) is 0. The number of carbonyl (C=O) groups is 2. The van der Waals surface area contributed by atoms with Crippen LogP contribution in [-0.4, -0.2) is 18.1 Å². The van der Waals surface area contributed by atoms with Gasteiger partial charge in [-0.2, -0.15) is 0 Å². The van der Waals surface area contributed by atoms with Crippen LogP contribution in [0.4, 0.5) is 0 Å². The van der Waals surface area contributed by atoms with Crippen LogP contribution in [0.5, 0.6) is 0 Å². The van der Waals surface area contributed by atoms with E-state index in [-0.39, 0.29) is 6.29 Å². The molecule has 1 aromatic carbocycles. The highest BCUT2D eigenvalue weighted by atomic mass is 16.2. The van der Waals surface area contributed by atoms with Crippen LogP contribution < -0.4 is 5.73 Å². The largest absolute Gasteiger partial charge is 0.321 e. The summed E-state index contributed by atoms with van der Waals surface area (Å²) in [6, 6.07) is 8.66. The number of ketones is 1. The van der Waals surface area contributed by atoms with E-state index in [1.807, 2.05) is 30.3 Å². The first-order valence-corrected chi connectivity index (χ1v) is 4.02. The van der Waals surface area contributed by atoms with Crippen LogP contribution in [0.2, 0.25) is 0 Å². The molecule has 0 aliphatic rings. The van der Waals surface area contributed by atoms with Crippen LogP contribution in [0.1, 0.15) is 5.56 Å². The SMILES string of the molecule is N[C@H](Cc1ccccc1)C(=O)C=O. The van der Waals surface area contributed by atoms with E-state index in [1.54, 1.807) is 0 Å². The van der Waals surface area contributed by atoms with Crippen molar-refractivity contribution in [2.75, 3.05) is 0 Å². The van der Waals surface area contributed by atoms with E-state index in [0.29, 0.717) is 6.42 Å². The number of aldehydes is 1. The lowest BCUT2D eigenvalue weighted by Crippen LogP contribution is -2.33. The Labute approximate surface area is 76.6 Å². The van der Waals surface area contributed by atoms with Gasteiger partial charge < -0.3 is 5.73 Å². The standard InChI is InChI=1S/C10H11NO2/c11-9(10(13)7-12)6-8-4-2-1-3-5-8/h1-5,7,9H,6,11H2/t9-/m1/s1. The average Bonchev–Trinajstić information content (AvgIpc) is 2.18. The maximum Gasteiger partial charge on any atom is 0.212 e. The van der Waals surface area contributed by atoms with Crippen molar-refractivity contribution in [1.82, 2.24) is 0 Å². The molecule has 0 saturated carbocycles. The Bertz CT molecular complexity index is 295. The third kappa shape index (κ3) is 2.80. The van der Waals surface area contributed by atoms with Crippen molar-refractivity contribution in [2.24, 2.45) is 5.73 Å². The van der Waals surface area contributed by atoms with Crippen molar-refractivity contribution in [3.63, 3.8) is 0 Å². The summed E-state index contributed by atoms with van der Waals surface area (Å²) >= 11 is 0. The lowest BCUT2D eigenvalue weighted by Gasteiger charge is -2.05. The molecule has 0 spiro atoms. The monoisotopic (exact) mass is 177 g/mol. The predicted molar refractivity (Wildman–Crippen MR) is 49.2 cm³/mol. The average molecular weight is 177 g/mol. The van der Waals surface area contributed by atoms with E-state index in [2.05, 4.69) is 0 Å². The van der Waals surface area contributed by atoms with Crippen LogP contribution in [0.15, 0.2) is 30.3 Å². The van der Waals surface area contributed by atoms with Gasteiger partial charge in [-0.15, -0.1) is 0 Å². The second kappa shape index (κ2) is 4.52. The summed E-state index contributed by atoms with van der Waals surface area (Å²) in [5.74, 6) is -0.552. The van der Waals surface area contributed by atoms with Gasteiger partial charge in [0.05, 0.1) is 6.04 Å². The molecule has 0 unspecified atom stereocenters. The summed E-state index contributed by atoms with van der Waals surface area (Å²) in [6.07, 6.45) is 0.687. The summed E-state index contributed by atoms with van der Waals surface area (Å²) in [5.41, 5.74) is 6.44. The van der Waals surface area contributed by atoms with Gasteiger partial charge in [0.15, 0.2) is 6.29 Å². The normalized spacial score (nSPS) is 12.1. The molecule has 0 fully saturated rings. The molecule has 0 saturated heterocycles. The number of carbonyl (C=O) groups excluding carboxylic acids is 2. The fourth-order valence-electron chi connectivity index (χ4n) is 1.06. The molecule has 0 bridgehead atoms. The van der Waals surface area contributed by atoms with Gasteiger partial charge in [0.2, 0.25) is 5.78 Å². The highest BCUT2D eigenvalue weighted by Gasteiger charge is 2.11. The third-order valence-corrected chi connectivity index (χ3v) is 1.78. The summed E-state index contributed by atoms with van der Waals surface area (Å²) < 4.78 is 0. The molecule has 2 N–H and O–H groups in total. The third-order valence-electron chi connectivity index (χ3n) is 1.78. The predicted octanol–water partition coefficient (Wildman–Crippen LogP) is 0.324. The van der Waals surface area contributed by atoms with Gasteiger partial charge in [0, 0.05) is 0 Å². The Hall–Kier alpha value is -1.48. The smallest absolute Gasteiger partial charge is 0.212 e. The van der Waals surface area contributed by atoms with Gasteiger partial charge in [-0.1, -0.05) is 30.3 Å². The van der Waals surface area contributed by atoms with Crippen LogP contribution >= 0.6 is 0 Å². The Morgan fingerprint density at radius 1 is 1.38 bits per heavy atom. The van der Waals surface area contributed by atoms with Crippen molar-refractivity contribution >= 4 is 12.1 Å². The number of rotatable bonds is 4. The lowest BCUT2D eigenvalue weighted by molar-refractivity contribution is -0.130. The second-order valence-electron chi connectivity index (χ2n) is 2.82. The molecule has 0 aliphatic carbocycles. The number of Topliss-reactive ketones (excluding diaryl/α,β-unsaturated/α-hetero) is 1. The molecule has 0 radical (unpaired) electrons. The highest BCUT2D eigenvalue weighted by Crippen LogP contribution is 2.01. The maximum absolute atomic E-state index is 10.8. The Balaban J connectivity index is 2.60. The first kappa shape index (κ1) is 9.61. The minimum absolute atomic E-state index is 0.271. The van der Waals surface area contributed by atoms with Crippen LogP contribution in [0.3, 0.4) is 0 Å². The molecule has 13 heavy (non-hydrogen) atoms. The number of benzene rings is 1. The molecule has 1 aromatic rings. The molecule has 3 heteroatoms. The number of nitrogens with two attached hydrogens (primary N) is 1. The zero-order valence-electron chi connectivity index (χ0n) is 7.14. The van der Waals surface area contributed by atoms with E-state index >= 15 is 0 Å². The van der Waals surface area contributed by atoms with Crippen molar-refractivity contribution in [3.8, 4) is 0 Å². The summed E-state index contributed by atoms with van der Waals surface area (Å²) in [5, 5.41) is 0. The molecule has 3 nitrogen and oxygen atoms in total. The van der Waals surface area contributed by atoms with Crippen molar-refractivity contribution < 1.29 is 9.59 Å². The van der Waals surface area contributed by atoms with Gasteiger partial charge >= 0.3 is 0 Å². The highest BCUT2D eigenvalue weighted by molar-refractivity contribution is 6.27. The molecular weight excluding hydrogens is 166 g/mol. The van der Waals surface area contributed by atoms with Gasteiger partial charge in [-0.25, -0.2) is 0 Å². The molecular formula is C10H11NO2. The fraction of sp³-hybridized carbons (Fsp3) is 0.200. The van der Waals surface area contributed by atoms with E-state index < -0.39 is 11.8 Å². The minimum atomic E-state index is -0.708. The van der Waals surface area contributed by atoms with E-state index in [0.717, 1.165) is 5.56 Å². The quantitative estimate of drug-likeness (QED) is 0.532. The zero-order valence-corrected chi connectivity index (χ0v) is 7.14. The van der Waals surface area contributed by atoms with Crippen LogP contribution in [0, 0.1) is 0 Å². The van der Waals surface area contributed by atoms with Crippen molar-refractivity contribution in [3.05, 3.63) is 35.9 Å². The molecule has 68 valence electrons. The fourth-order valence-corrected chi connectivity index (χ4v) is 1.06. The van der Waals surface area contributed by atoms with Gasteiger partial charge in [-0.05, 0) is 12.0 Å². The molecule has 0 aliphatic heterocycles. The topological polar surface area (TPSA) is 60.2 Å². The molecule has 0 heterocycles. The number of hydrogen-bond donors (Lipinski definition) is 1. The Kier molecular flexibility index (Phi) is 3.34. The van der Waals surface area contributed by atoms with Gasteiger partial charge in [0.25, 0.3) is 0 Å². The molecule has 1 rings (SSSR count). The summed E-state index contributed by atoms with van der Waals surface area (Å²) in [4.78, 5) is 20.9. The lowest BCUT2D eigenvalue weighted by atomic mass is 10.0. The van der Waals surface area contributed by atoms with E-state index in [4.69, 9.17) is 5.73 Å². The van der Waals surface area contributed by atoms with E-state index in [1.165, 1.54) is 0 Å². The maximum atomic E-state index is 10.8. The number of hydrogen-bond acceptors (Lipinski definition) is 3. The molecule has 0 amide bonds. The molecule has 0 aromatic heterocycles. The van der Waals surface area contributed by atoms with Gasteiger partial charge in [-0.3, -0.25) is 9.59 Å².